The van der Waals surface area contributed by atoms with Crippen LogP contribution in [0.4, 0.5) is 14.5 Å². The summed E-state index contributed by atoms with van der Waals surface area (Å²) in [5.41, 5.74) is 0.0512. The molecule has 1 aromatic carbocycles. The number of benzene rings is 1. The van der Waals surface area contributed by atoms with E-state index in [0.29, 0.717) is 0 Å². The number of ether oxygens (including phenoxy) is 1. The predicted octanol–water partition coefficient (Wildman–Crippen LogP) is 1.16. The van der Waals surface area contributed by atoms with Crippen LogP contribution in [0.3, 0.4) is 0 Å². The van der Waals surface area contributed by atoms with Gasteiger partial charge in [-0.05, 0) is 18.6 Å². The van der Waals surface area contributed by atoms with E-state index in [9.17, 15) is 18.4 Å². The second kappa shape index (κ2) is 4.12. The van der Waals surface area contributed by atoms with Gasteiger partial charge in [0.25, 0.3) is 0 Å². The maximum atomic E-state index is 13.6. The lowest BCUT2D eigenvalue weighted by Gasteiger charge is -2.26. The molecule has 1 fully saturated rings. The van der Waals surface area contributed by atoms with E-state index in [-0.39, 0.29) is 24.3 Å². The van der Waals surface area contributed by atoms with E-state index < -0.39 is 23.6 Å². The monoisotopic (exact) mass is 241 g/mol. The van der Waals surface area contributed by atoms with Crippen molar-refractivity contribution in [2.75, 3.05) is 18.0 Å². The minimum absolute atomic E-state index is 0.113. The van der Waals surface area contributed by atoms with Gasteiger partial charge in [0, 0.05) is 6.07 Å². The van der Waals surface area contributed by atoms with Crippen LogP contribution in [0.1, 0.15) is 5.56 Å². The van der Waals surface area contributed by atoms with E-state index in [2.05, 4.69) is 4.74 Å². The van der Waals surface area contributed by atoms with Gasteiger partial charge in [-0.2, -0.15) is 0 Å². The Bertz CT molecular complexity index is 486. The Hall–Kier alpha value is -1.98. The van der Waals surface area contributed by atoms with Crippen LogP contribution in [-0.2, 0) is 14.3 Å². The summed E-state index contributed by atoms with van der Waals surface area (Å²) in [5.74, 6) is -2.82. The number of cyclic esters (lactones) is 2. The molecule has 17 heavy (non-hydrogen) atoms. The van der Waals surface area contributed by atoms with Gasteiger partial charge in [-0.3, -0.25) is 0 Å². The molecule has 0 N–H and O–H groups in total. The highest BCUT2D eigenvalue weighted by Crippen LogP contribution is 2.24. The zero-order valence-corrected chi connectivity index (χ0v) is 9.00. The highest BCUT2D eigenvalue weighted by molar-refractivity contribution is 5.94. The lowest BCUT2D eigenvalue weighted by molar-refractivity contribution is -0.160. The smallest absolute Gasteiger partial charge is 0.333 e. The van der Waals surface area contributed by atoms with E-state index in [4.69, 9.17) is 0 Å². The first-order valence-corrected chi connectivity index (χ1v) is 4.91. The Labute approximate surface area is 95.8 Å². The number of anilines is 1. The highest BCUT2D eigenvalue weighted by Gasteiger charge is 2.27. The van der Waals surface area contributed by atoms with Gasteiger partial charge in [0.1, 0.15) is 24.7 Å². The third-order valence-corrected chi connectivity index (χ3v) is 2.44. The molecule has 1 saturated heterocycles. The van der Waals surface area contributed by atoms with Crippen LogP contribution >= 0.6 is 0 Å². The predicted molar refractivity (Wildman–Crippen MR) is 54.4 cm³/mol. The highest BCUT2D eigenvalue weighted by atomic mass is 19.1. The largest absolute Gasteiger partial charge is 0.390 e. The molecule has 0 atom stereocenters. The number of hydrogen-bond acceptors (Lipinski definition) is 4. The van der Waals surface area contributed by atoms with Crippen LogP contribution in [0.25, 0.3) is 0 Å². The number of halogens is 2. The number of carbonyl (C=O) groups excluding carboxylic acids is 2. The molecule has 0 saturated carbocycles. The van der Waals surface area contributed by atoms with E-state index in [1.165, 1.54) is 6.92 Å². The van der Waals surface area contributed by atoms with Crippen molar-refractivity contribution in [2.45, 2.75) is 6.92 Å². The molecule has 0 bridgehead atoms. The number of carbonyl (C=O) groups is 2. The molecule has 90 valence electrons. The van der Waals surface area contributed by atoms with Crippen molar-refractivity contribution >= 4 is 17.6 Å². The minimum atomic E-state index is -0.776. The molecule has 1 aliphatic heterocycles. The van der Waals surface area contributed by atoms with Crippen LogP contribution in [0.2, 0.25) is 0 Å². The Morgan fingerprint density at radius 2 is 1.71 bits per heavy atom. The van der Waals surface area contributed by atoms with Crippen molar-refractivity contribution in [1.29, 1.82) is 0 Å². The van der Waals surface area contributed by atoms with Crippen molar-refractivity contribution in [3.63, 3.8) is 0 Å². The topological polar surface area (TPSA) is 46.6 Å². The normalized spacial score (nSPS) is 16.1. The van der Waals surface area contributed by atoms with Gasteiger partial charge in [0.05, 0.1) is 5.69 Å². The molecule has 1 heterocycles. The maximum Gasteiger partial charge on any atom is 0.333 e. The Kier molecular flexibility index (Phi) is 2.79. The molecule has 2 rings (SSSR count). The van der Waals surface area contributed by atoms with Gasteiger partial charge < -0.3 is 9.64 Å². The van der Waals surface area contributed by atoms with E-state index in [1.807, 2.05) is 0 Å². The lowest BCUT2D eigenvalue weighted by atomic mass is 10.2. The van der Waals surface area contributed by atoms with Crippen molar-refractivity contribution in [3.05, 3.63) is 29.3 Å². The van der Waals surface area contributed by atoms with Crippen LogP contribution in [0.5, 0.6) is 0 Å². The number of hydrogen-bond donors (Lipinski definition) is 0. The minimum Gasteiger partial charge on any atom is -0.390 e. The Morgan fingerprint density at radius 3 is 2.29 bits per heavy atom. The molecule has 1 aliphatic rings. The summed E-state index contributed by atoms with van der Waals surface area (Å²) in [6.07, 6.45) is 0. The first kappa shape index (κ1) is 11.5. The zero-order chi connectivity index (χ0) is 12.6. The molecule has 4 nitrogen and oxygen atoms in total. The average molecular weight is 241 g/mol. The van der Waals surface area contributed by atoms with Crippen molar-refractivity contribution in [1.82, 2.24) is 0 Å². The fraction of sp³-hybridized carbons (Fsp3) is 0.273. The summed E-state index contributed by atoms with van der Waals surface area (Å²) >= 11 is 0. The molecule has 0 aromatic heterocycles. The van der Waals surface area contributed by atoms with Crippen molar-refractivity contribution < 1.29 is 23.1 Å². The summed E-state index contributed by atoms with van der Waals surface area (Å²) in [4.78, 5) is 23.2. The number of nitrogens with zero attached hydrogens (tertiary/aromatic N) is 1. The number of aryl methyl sites for hydroxylation is 1. The van der Waals surface area contributed by atoms with Gasteiger partial charge in [-0.15, -0.1) is 0 Å². The van der Waals surface area contributed by atoms with Gasteiger partial charge in [0.15, 0.2) is 0 Å². The molecule has 0 unspecified atom stereocenters. The van der Waals surface area contributed by atoms with Gasteiger partial charge in [0.2, 0.25) is 0 Å². The summed E-state index contributed by atoms with van der Waals surface area (Å²) in [6, 6.07) is 1.99. The van der Waals surface area contributed by atoms with Gasteiger partial charge in [-0.25, -0.2) is 18.4 Å². The molecule has 0 radical (unpaired) electrons. The summed E-state index contributed by atoms with van der Waals surface area (Å²) in [7, 11) is 0. The molecule has 1 aromatic rings. The number of rotatable bonds is 1. The summed E-state index contributed by atoms with van der Waals surface area (Å²) in [6.45, 7) is 0.883. The van der Waals surface area contributed by atoms with Crippen LogP contribution in [0, 0.1) is 18.6 Å². The molecule has 0 amide bonds. The third kappa shape index (κ3) is 2.25. The SMILES string of the molecule is Cc1cc(F)c(N2CC(=O)OC(=O)C2)cc1F. The van der Waals surface area contributed by atoms with Crippen LogP contribution < -0.4 is 4.90 Å². The number of morpholine rings is 1. The molecular formula is C11H9F2NO3. The summed E-state index contributed by atoms with van der Waals surface area (Å²) < 4.78 is 31.2. The second-order valence-corrected chi connectivity index (χ2v) is 3.75. The quantitative estimate of drug-likeness (QED) is 0.547. The fourth-order valence-corrected chi connectivity index (χ4v) is 1.61. The molecule has 0 spiro atoms. The first-order chi connectivity index (χ1) is 7.97. The van der Waals surface area contributed by atoms with Crippen LogP contribution in [-0.4, -0.2) is 25.0 Å². The van der Waals surface area contributed by atoms with Crippen LogP contribution in [0.15, 0.2) is 12.1 Å². The van der Waals surface area contributed by atoms with Gasteiger partial charge >= 0.3 is 11.9 Å². The standard InChI is InChI=1S/C11H9F2NO3/c1-6-2-8(13)9(3-7(6)12)14-4-10(15)17-11(16)5-14/h2-3H,4-5H2,1H3. The third-order valence-electron chi connectivity index (χ3n) is 2.44. The van der Waals surface area contributed by atoms with Crippen molar-refractivity contribution in [2.24, 2.45) is 0 Å². The fourth-order valence-electron chi connectivity index (χ4n) is 1.61. The molecule has 6 heteroatoms. The zero-order valence-electron chi connectivity index (χ0n) is 9.00. The lowest BCUT2D eigenvalue weighted by Crippen LogP contribution is -2.43. The van der Waals surface area contributed by atoms with Crippen molar-refractivity contribution in [3.8, 4) is 0 Å². The number of esters is 2. The van der Waals surface area contributed by atoms with Gasteiger partial charge in [-0.1, -0.05) is 0 Å². The van der Waals surface area contributed by atoms with E-state index >= 15 is 0 Å². The van der Waals surface area contributed by atoms with E-state index in [0.717, 1.165) is 17.0 Å². The molecule has 0 aliphatic carbocycles. The molecular weight excluding hydrogens is 232 g/mol. The Morgan fingerprint density at radius 1 is 1.12 bits per heavy atom. The first-order valence-electron chi connectivity index (χ1n) is 4.91. The summed E-state index contributed by atoms with van der Waals surface area (Å²) in [5, 5.41) is 0. The second-order valence-electron chi connectivity index (χ2n) is 3.75. The Balaban J connectivity index is 2.36. The maximum absolute atomic E-state index is 13.6. The van der Waals surface area contributed by atoms with E-state index in [1.54, 1.807) is 0 Å². The average Bonchev–Trinajstić information content (AvgIpc) is 2.22.